The molecule has 0 aliphatic rings. The second kappa shape index (κ2) is 6.31. The number of methoxy groups -OCH3 is 1. The van der Waals surface area contributed by atoms with Crippen LogP contribution in [-0.4, -0.2) is 23.0 Å². The summed E-state index contributed by atoms with van der Waals surface area (Å²) in [4.78, 5) is 22.4. The molecule has 0 saturated carbocycles. The first-order chi connectivity index (χ1) is 10.4. The average Bonchev–Trinajstić information content (AvgIpc) is 2.48. The number of amides is 1. The molecule has 2 N–H and O–H groups in total. The van der Waals surface area contributed by atoms with Crippen molar-refractivity contribution in [1.29, 1.82) is 0 Å². The van der Waals surface area contributed by atoms with Gasteiger partial charge in [-0.1, -0.05) is 17.7 Å². The van der Waals surface area contributed by atoms with E-state index in [0.29, 0.717) is 0 Å². The van der Waals surface area contributed by atoms with Crippen LogP contribution < -0.4 is 10.1 Å². The molecule has 0 heterocycles. The summed E-state index contributed by atoms with van der Waals surface area (Å²) in [6.07, 6.45) is 0. The number of nitrogens with one attached hydrogen (secondary N) is 1. The van der Waals surface area contributed by atoms with E-state index in [1.165, 1.54) is 37.4 Å². The van der Waals surface area contributed by atoms with Crippen LogP contribution in [0.5, 0.6) is 11.5 Å². The van der Waals surface area contributed by atoms with E-state index < -0.39 is 10.8 Å². The highest BCUT2D eigenvalue weighted by molar-refractivity contribution is 6.32. The van der Waals surface area contributed by atoms with E-state index in [1.54, 1.807) is 0 Å². The van der Waals surface area contributed by atoms with Crippen molar-refractivity contribution in [2.75, 3.05) is 12.4 Å². The zero-order valence-electron chi connectivity index (χ0n) is 11.4. The van der Waals surface area contributed by atoms with Crippen molar-refractivity contribution < 1.29 is 19.6 Å². The standard InChI is InChI=1S/C14H11ClN2O5/c1-22-12-4-2-3-11(18)13(12)14(19)16-8-5-6-9(15)10(7-8)17(20)21/h2-7,18H,1H3,(H,16,19). The lowest BCUT2D eigenvalue weighted by Crippen LogP contribution is -2.13. The molecule has 8 heteroatoms. The average molecular weight is 323 g/mol. The quantitative estimate of drug-likeness (QED) is 0.664. The Morgan fingerprint density at radius 3 is 2.73 bits per heavy atom. The number of halogens is 1. The van der Waals surface area contributed by atoms with Gasteiger partial charge in [0, 0.05) is 11.8 Å². The highest BCUT2D eigenvalue weighted by atomic mass is 35.5. The van der Waals surface area contributed by atoms with Crippen molar-refractivity contribution in [3.63, 3.8) is 0 Å². The molecule has 0 aromatic heterocycles. The van der Waals surface area contributed by atoms with Gasteiger partial charge in [-0.05, 0) is 24.3 Å². The van der Waals surface area contributed by atoms with Gasteiger partial charge in [0.05, 0.1) is 12.0 Å². The Morgan fingerprint density at radius 2 is 2.09 bits per heavy atom. The van der Waals surface area contributed by atoms with Gasteiger partial charge in [-0.2, -0.15) is 0 Å². The van der Waals surface area contributed by atoms with E-state index >= 15 is 0 Å². The van der Waals surface area contributed by atoms with E-state index in [4.69, 9.17) is 16.3 Å². The minimum absolute atomic E-state index is 0.0388. The number of aromatic hydroxyl groups is 1. The molecule has 0 fully saturated rings. The van der Waals surface area contributed by atoms with Crippen LogP contribution in [0.1, 0.15) is 10.4 Å². The van der Waals surface area contributed by atoms with Crippen LogP contribution in [-0.2, 0) is 0 Å². The molecule has 0 atom stereocenters. The van der Waals surface area contributed by atoms with Crippen LogP contribution in [0, 0.1) is 10.1 Å². The van der Waals surface area contributed by atoms with Gasteiger partial charge in [0.25, 0.3) is 11.6 Å². The van der Waals surface area contributed by atoms with Crippen LogP contribution in [0.2, 0.25) is 5.02 Å². The van der Waals surface area contributed by atoms with Crippen molar-refractivity contribution >= 4 is 28.9 Å². The number of phenolic OH excluding ortho intramolecular Hbond substituents is 1. The third-order valence-corrected chi connectivity index (χ3v) is 3.17. The molecule has 2 aromatic carbocycles. The highest BCUT2D eigenvalue weighted by Gasteiger charge is 2.19. The third kappa shape index (κ3) is 3.09. The van der Waals surface area contributed by atoms with Gasteiger partial charge in [-0.15, -0.1) is 0 Å². The maximum atomic E-state index is 12.2. The molecule has 0 unspecified atom stereocenters. The van der Waals surface area contributed by atoms with E-state index in [9.17, 15) is 20.0 Å². The fourth-order valence-electron chi connectivity index (χ4n) is 1.84. The second-order valence-corrected chi connectivity index (χ2v) is 4.64. The number of phenols is 1. The Bertz CT molecular complexity index is 748. The van der Waals surface area contributed by atoms with Crippen LogP contribution in [0.4, 0.5) is 11.4 Å². The summed E-state index contributed by atoms with van der Waals surface area (Å²) in [5.74, 6) is -0.743. The summed E-state index contributed by atoms with van der Waals surface area (Å²) in [6.45, 7) is 0. The maximum Gasteiger partial charge on any atom is 0.289 e. The van der Waals surface area contributed by atoms with Crippen molar-refractivity contribution in [2.45, 2.75) is 0 Å². The van der Waals surface area contributed by atoms with Crippen molar-refractivity contribution in [1.82, 2.24) is 0 Å². The van der Waals surface area contributed by atoms with Gasteiger partial charge in [0.15, 0.2) is 0 Å². The zero-order valence-corrected chi connectivity index (χ0v) is 12.1. The summed E-state index contributed by atoms with van der Waals surface area (Å²) >= 11 is 5.70. The lowest BCUT2D eigenvalue weighted by atomic mass is 10.1. The number of nitro groups is 1. The predicted octanol–water partition coefficient (Wildman–Crippen LogP) is 3.21. The number of nitrogens with zero attached hydrogens (tertiary/aromatic N) is 1. The third-order valence-electron chi connectivity index (χ3n) is 2.85. The zero-order chi connectivity index (χ0) is 16.3. The molecular formula is C14H11ClN2O5. The normalized spacial score (nSPS) is 10.1. The summed E-state index contributed by atoms with van der Waals surface area (Å²) < 4.78 is 5.02. The number of carbonyl (C=O) groups is 1. The fourth-order valence-corrected chi connectivity index (χ4v) is 2.03. The molecule has 0 radical (unpaired) electrons. The lowest BCUT2D eigenvalue weighted by Gasteiger charge is -2.11. The summed E-state index contributed by atoms with van der Waals surface area (Å²) in [6, 6.07) is 8.22. The van der Waals surface area contributed by atoms with E-state index in [1.807, 2.05) is 0 Å². The van der Waals surface area contributed by atoms with E-state index in [0.717, 1.165) is 6.07 Å². The molecular weight excluding hydrogens is 312 g/mol. The van der Waals surface area contributed by atoms with Gasteiger partial charge >= 0.3 is 0 Å². The first kappa shape index (κ1) is 15.6. The van der Waals surface area contributed by atoms with Gasteiger partial charge in [0.2, 0.25) is 0 Å². The molecule has 0 bridgehead atoms. The number of anilines is 1. The van der Waals surface area contributed by atoms with Gasteiger partial charge < -0.3 is 15.2 Å². The fraction of sp³-hybridized carbons (Fsp3) is 0.0714. The van der Waals surface area contributed by atoms with Crippen LogP contribution in [0.15, 0.2) is 36.4 Å². The van der Waals surface area contributed by atoms with Crippen LogP contribution >= 0.6 is 11.6 Å². The molecule has 0 aliphatic carbocycles. The molecule has 1 amide bonds. The first-order valence-corrected chi connectivity index (χ1v) is 6.43. The number of hydrogen-bond donors (Lipinski definition) is 2. The van der Waals surface area contributed by atoms with Crippen molar-refractivity contribution in [3.05, 3.63) is 57.1 Å². The van der Waals surface area contributed by atoms with Crippen LogP contribution in [0.3, 0.4) is 0 Å². The SMILES string of the molecule is COc1cccc(O)c1C(=O)Nc1ccc(Cl)c([N+](=O)[O-])c1. The highest BCUT2D eigenvalue weighted by Crippen LogP contribution is 2.30. The Morgan fingerprint density at radius 1 is 1.36 bits per heavy atom. The van der Waals surface area contributed by atoms with Crippen molar-refractivity contribution in [2.24, 2.45) is 0 Å². The number of ether oxygens (including phenoxy) is 1. The Kier molecular flexibility index (Phi) is 4.47. The molecule has 0 saturated heterocycles. The van der Waals surface area contributed by atoms with Gasteiger partial charge in [-0.25, -0.2) is 0 Å². The molecule has 114 valence electrons. The monoisotopic (exact) mass is 322 g/mol. The second-order valence-electron chi connectivity index (χ2n) is 4.23. The lowest BCUT2D eigenvalue weighted by molar-refractivity contribution is -0.384. The topological polar surface area (TPSA) is 102 Å². The molecule has 2 rings (SSSR count). The molecule has 0 aliphatic heterocycles. The van der Waals surface area contributed by atoms with Gasteiger partial charge in [-0.3, -0.25) is 14.9 Å². The molecule has 2 aromatic rings. The largest absolute Gasteiger partial charge is 0.507 e. The number of carbonyl (C=O) groups excluding carboxylic acids is 1. The predicted molar refractivity (Wildman–Crippen MR) is 80.7 cm³/mol. The van der Waals surface area contributed by atoms with Crippen LogP contribution in [0.25, 0.3) is 0 Å². The summed E-state index contributed by atoms with van der Waals surface area (Å²) in [7, 11) is 1.36. The van der Waals surface area contributed by atoms with Gasteiger partial charge in [0.1, 0.15) is 22.1 Å². The smallest absolute Gasteiger partial charge is 0.289 e. The number of nitro benzene ring substituents is 1. The Hall–Kier alpha value is -2.80. The Labute approximate surface area is 130 Å². The summed E-state index contributed by atoms with van der Waals surface area (Å²) in [5, 5.41) is 23.0. The molecule has 7 nitrogen and oxygen atoms in total. The molecule has 22 heavy (non-hydrogen) atoms. The summed E-state index contributed by atoms with van der Waals surface area (Å²) in [5.41, 5.74) is -0.224. The molecule has 0 spiro atoms. The minimum atomic E-state index is -0.661. The minimum Gasteiger partial charge on any atom is -0.507 e. The van der Waals surface area contributed by atoms with Crippen molar-refractivity contribution in [3.8, 4) is 11.5 Å². The number of rotatable bonds is 4. The van der Waals surface area contributed by atoms with E-state index in [-0.39, 0.29) is 33.5 Å². The first-order valence-electron chi connectivity index (χ1n) is 6.05. The van der Waals surface area contributed by atoms with E-state index in [2.05, 4.69) is 5.32 Å². The Balaban J connectivity index is 2.34. The number of hydrogen-bond acceptors (Lipinski definition) is 5. The maximum absolute atomic E-state index is 12.2. The number of benzene rings is 2.